The highest BCUT2D eigenvalue weighted by Crippen LogP contribution is 2.32. The number of nitrogens with zero attached hydrogens (tertiary/aromatic N) is 1. The van der Waals surface area contributed by atoms with Crippen LogP contribution in [0.15, 0.2) is 24.3 Å². The van der Waals surface area contributed by atoms with E-state index in [1.807, 2.05) is 38.1 Å². The van der Waals surface area contributed by atoms with Crippen molar-refractivity contribution < 1.29 is 9.53 Å². The largest absolute Gasteiger partial charge is 0.497 e. The second-order valence-corrected chi connectivity index (χ2v) is 7.47. The highest BCUT2D eigenvalue weighted by atomic mass is 35.5. The topological polar surface area (TPSA) is 77.2 Å². The highest BCUT2D eigenvalue weighted by molar-refractivity contribution is 7.15. The van der Waals surface area contributed by atoms with Crippen LogP contribution >= 0.6 is 23.7 Å². The Labute approximate surface area is 172 Å². The zero-order valence-electron chi connectivity index (χ0n) is 16.3. The van der Waals surface area contributed by atoms with Crippen LogP contribution in [0, 0.1) is 6.92 Å². The predicted octanol–water partition coefficient (Wildman–Crippen LogP) is 4.64. The van der Waals surface area contributed by atoms with Crippen molar-refractivity contribution in [1.29, 1.82) is 0 Å². The van der Waals surface area contributed by atoms with E-state index < -0.39 is 0 Å². The Kier molecular flexibility index (Phi) is 10.4. The van der Waals surface area contributed by atoms with Gasteiger partial charge in [-0.2, -0.15) is 0 Å². The Hall–Kier alpha value is -1.63. The first kappa shape index (κ1) is 23.4. The van der Waals surface area contributed by atoms with Crippen molar-refractivity contribution in [2.45, 2.75) is 52.0 Å². The van der Waals surface area contributed by atoms with Gasteiger partial charge in [0.1, 0.15) is 10.8 Å². The molecule has 0 aliphatic heterocycles. The summed E-state index contributed by atoms with van der Waals surface area (Å²) in [7, 11) is 1.66. The normalized spacial score (nSPS) is 11.6. The van der Waals surface area contributed by atoms with Gasteiger partial charge in [0.05, 0.1) is 23.7 Å². The van der Waals surface area contributed by atoms with Crippen LogP contribution in [0.3, 0.4) is 0 Å². The van der Waals surface area contributed by atoms with Gasteiger partial charge in [0.25, 0.3) is 0 Å². The van der Waals surface area contributed by atoms with E-state index in [9.17, 15) is 4.79 Å². The lowest BCUT2D eigenvalue weighted by atomic mass is 10.1. The van der Waals surface area contributed by atoms with E-state index in [2.05, 4.69) is 10.3 Å². The molecule has 0 fully saturated rings. The van der Waals surface area contributed by atoms with Gasteiger partial charge in [-0.3, -0.25) is 4.79 Å². The number of nitrogens with two attached hydrogens (primary N) is 1. The van der Waals surface area contributed by atoms with E-state index >= 15 is 0 Å². The molecule has 2 aromatic rings. The zero-order chi connectivity index (χ0) is 18.9. The minimum absolute atomic E-state index is 0. The average molecular weight is 412 g/mol. The molecule has 150 valence electrons. The number of hydrogen-bond donors (Lipinski definition) is 2. The van der Waals surface area contributed by atoms with Gasteiger partial charge < -0.3 is 15.8 Å². The molecule has 1 heterocycles. The van der Waals surface area contributed by atoms with Crippen molar-refractivity contribution in [2.75, 3.05) is 13.7 Å². The first-order valence-corrected chi connectivity index (χ1v) is 9.98. The summed E-state index contributed by atoms with van der Waals surface area (Å²) in [5.41, 5.74) is 7.51. The maximum atomic E-state index is 12.2. The van der Waals surface area contributed by atoms with Gasteiger partial charge in [-0.05, 0) is 57.5 Å². The number of unbranched alkanes of at least 4 members (excludes halogenated alkanes) is 3. The van der Waals surface area contributed by atoms with Crippen molar-refractivity contribution in [2.24, 2.45) is 5.73 Å². The van der Waals surface area contributed by atoms with Crippen LogP contribution in [0.1, 0.15) is 55.6 Å². The second-order valence-electron chi connectivity index (χ2n) is 6.44. The lowest BCUT2D eigenvalue weighted by Gasteiger charge is -2.12. The van der Waals surface area contributed by atoms with Crippen molar-refractivity contribution in [1.82, 2.24) is 10.3 Å². The highest BCUT2D eigenvalue weighted by Gasteiger charge is 2.17. The molecule has 1 aromatic carbocycles. The van der Waals surface area contributed by atoms with Crippen LogP contribution < -0.4 is 15.8 Å². The van der Waals surface area contributed by atoms with Crippen molar-refractivity contribution in [3.05, 3.63) is 34.8 Å². The summed E-state index contributed by atoms with van der Waals surface area (Å²) in [5, 5.41) is 4.06. The Morgan fingerprint density at radius 2 is 1.89 bits per heavy atom. The van der Waals surface area contributed by atoms with E-state index in [0.717, 1.165) is 59.1 Å². The molecule has 7 heteroatoms. The molecule has 1 atom stereocenters. The minimum Gasteiger partial charge on any atom is -0.497 e. The molecular weight excluding hydrogens is 382 g/mol. The molecule has 3 N–H and O–H groups in total. The number of halogens is 1. The van der Waals surface area contributed by atoms with Crippen LogP contribution in [-0.4, -0.2) is 24.5 Å². The number of carbonyl (C=O) groups excluding carboxylic acids is 1. The number of nitrogens with one attached hydrogen (secondary N) is 1. The van der Waals surface area contributed by atoms with Gasteiger partial charge >= 0.3 is 0 Å². The second kappa shape index (κ2) is 12.0. The molecule has 0 spiro atoms. The summed E-state index contributed by atoms with van der Waals surface area (Å²) < 4.78 is 5.20. The van der Waals surface area contributed by atoms with E-state index in [-0.39, 0.29) is 24.4 Å². The Balaban J connectivity index is 0.00000364. The number of ether oxygens (including phenoxy) is 1. The Bertz CT molecular complexity index is 704. The van der Waals surface area contributed by atoms with Crippen LogP contribution in [0.4, 0.5) is 0 Å². The van der Waals surface area contributed by atoms with Gasteiger partial charge in [-0.15, -0.1) is 23.7 Å². The number of aryl methyl sites for hydroxylation is 1. The standard InChI is InChI=1S/C20H29N3O2S.ClH/c1-14(22-18(24)8-6-4-5-7-13-21)19-15(2)23-20(26-19)16-9-11-17(25-3)12-10-16;/h9-12,14H,4-8,13,21H2,1-3H3,(H,22,24);1H. The van der Waals surface area contributed by atoms with Crippen molar-refractivity contribution in [3.63, 3.8) is 0 Å². The SMILES string of the molecule is COc1ccc(-c2nc(C)c(C(C)NC(=O)CCCCCCN)s2)cc1.Cl. The maximum Gasteiger partial charge on any atom is 0.220 e. The molecule has 0 bridgehead atoms. The molecule has 1 amide bonds. The quantitative estimate of drug-likeness (QED) is 0.558. The number of thiazole rings is 1. The fraction of sp³-hybridized carbons (Fsp3) is 0.500. The summed E-state index contributed by atoms with van der Waals surface area (Å²) in [6.45, 7) is 4.74. The van der Waals surface area contributed by atoms with Crippen LogP contribution in [-0.2, 0) is 4.79 Å². The van der Waals surface area contributed by atoms with Gasteiger partial charge in [0.15, 0.2) is 0 Å². The van der Waals surface area contributed by atoms with E-state index in [1.165, 1.54) is 0 Å². The van der Waals surface area contributed by atoms with E-state index in [0.29, 0.717) is 6.42 Å². The first-order valence-electron chi connectivity index (χ1n) is 9.16. The monoisotopic (exact) mass is 411 g/mol. The van der Waals surface area contributed by atoms with Crippen molar-refractivity contribution >= 4 is 29.7 Å². The zero-order valence-corrected chi connectivity index (χ0v) is 17.9. The van der Waals surface area contributed by atoms with Crippen molar-refractivity contribution in [3.8, 4) is 16.3 Å². The summed E-state index contributed by atoms with van der Waals surface area (Å²) in [6, 6.07) is 7.84. The summed E-state index contributed by atoms with van der Waals surface area (Å²) >= 11 is 1.63. The first-order chi connectivity index (χ1) is 12.5. The summed E-state index contributed by atoms with van der Waals surface area (Å²) in [4.78, 5) is 17.9. The van der Waals surface area contributed by atoms with Crippen LogP contribution in [0.25, 0.3) is 10.6 Å². The lowest BCUT2D eigenvalue weighted by Crippen LogP contribution is -2.26. The maximum absolute atomic E-state index is 12.2. The van der Waals surface area contributed by atoms with Gasteiger partial charge in [0.2, 0.25) is 5.91 Å². The van der Waals surface area contributed by atoms with Gasteiger partial charge in [-0.1, -0.05) is 12.8 Å². The molecular formula is C20H30ClN3O2S. The third kappa shape index (κ3) is 7.13. The number of carbonyl (C=O) groups is 1. The lowest BCUT2D eigenvalue weighted by molar-refractivity contribution is -0.121. The molecule has 0 aliphatic rings. The molecule has 0 saturated carbocycles. The number of rotatable bonds is 10. The number of hydrogen-bond acceptors (Lipinski definition) is 5. The molecule has 0 radical (unpaired) electrons. The number of benzene rings is 1. The number of amides is 1. The summed E-state index contributed by atoms with van der Waals surface area (Å²) in [5.74, 6) is 0.929. The predicted molar refractivity (Wildman–Crippen MR) is 115 cm³/mol. The Morgan fingerprint density at radius 3 is 2.52 bits per heavy atom. The van der Waals surface area contributed by atoms with E-state index in [4.69, 9.17) is 10.5 Å². The van der Waals surface area contributed by atoms with Gasteiger partial charge in [-0.25, -0.2) is 4.98 Å². The molecule has 0 aliphatic carbocycles. The Morgan fingerprint density at radius 1 is 1.22 bits per heavy atom. The molecule has 1 aromatic heterocycles. The third-order valence-corrected chi connectivity index (χ3v) is 5.69. The molecule has 5 nitrogen and oxygen atoms in total. The van der Waals surface area contributed by atoms with Crippen LogP contribution in [0.2, 0.25) is 0 Å². The smallest absolute Gasteiger partial charge is 0.220 e. The fourth-order valence-corrected chi connectivity index (χ4v) is 3.90. The van der Waals surface area contributed by atoms with Gasteiger partial charge in [0, 0.05) is 12.0 Å². The number of aromatic nitrogens is 1. The fourth-order valence-electron chi connectivity index (χ4n) is 2.83. The average Bonchev–Trinajstić information content (AvgIpc) is 3.03. The van der Waals surface area contributed by atoms with Crippen LogP contribution in [0.5, 0.6) is 5.75 Å². The molecule has 0 saturated heterocycles. The van der Waals surface area contributed by atoms with E-state index in [1.54, 1.807) is 18.4 Å². The third-order valence-electron chi connectivity index (χ3n) is 4.30. The summed E-state index contributed by atoms with van der Waals surface area (Å²) in [6.07, 6.45) is 4.67. The molecule has 2 rings (SSSR count). The molecule has 27 heavy (non-hydrogen) atoms. The number of methoxy groups -OCH3 is 1. The molecule has 1 unspecified atom stereocenters. The minimum atomic E-state index is -0.0314.